The average molecular weight is 561 g/mol. The van der Waals surface area contributed by atoms with E-state index in [2.05, 4.69) is 43.5 Å². The Morgan fingerprint density at radius 3 is 2.33 bits per heavy atom. The van der Waals surface area contributed by atoms with Crippen molar-refractivity contribution >= 4 is 41.7 Å². The second kappa shape index (κ2) is 13.5. The molecule has 0 aliphatic carbocycles. The molecule has 9 heteroatoms. The Bertz CT molecular complexity index is 1020. The fourth-order valence-electron chi connectivity index (χ4n) is 3.17. The van der Waals surface area contributed by atoms with E-state index >= 15 is 0 Å². The summed E-state index contributed by atoms with van der Waals surface area (Å²) in [6.07, 6.45) is 3.75. The molecule has 33 heavy (non-hydrogen) atoms. The number of carbonyl (C=O) groups excluding carboxylic acids is 1. The maximum absolute atomic E-state index is 11.8. The van der Waals surface area contributed by atoms with Crippen LogP contribution in [0.15, 0.2) is 72.0 Å². The van der Waals surface area contributed by atoms with Gasteiger partial charge in [0.1, 0.15) is 0 Å². The van der Waals surface area contributed by atoms with Crippen LogP contribution in [0, 0.1) is 0 Å². The maximum atomic E-state index is 11.8. The van der Waals surface area contributed by atoms with Crippen LogP contribution in [0.2, 0.25) is 0 Å². The molecule has 2 aromatic carbocycles. The summed E-state index contributed by atoms with van der Waals surface area (Å²) in [4.78, 5) is 16.1. The summed E-state index contributed by atoms with van der Waals surface area (Å²) in [5, 5.41) is 16.6. The van der Waals surface area contributed by atoms with Gasteiger partial charge in [-0.25, -0.2) is 4.79 Å². The highest BCUT2D eigenvalue weighted by Gasteiger charge is 2.06. The van der Waals surface area contributed by atoms with Crippen molar-refractivity contribution in [1.29, 1.82) is 0 Å². The van der Waals surface area contributed by atoms with Gasteiger partial charge in [-0.1, -0.05) is 36.4 Å². The summed E-state index contributed by atoms with van der Waals surface area (Å²) in [7, 11) is 1.76. The fourth-order valence-corrected chi connectivity index (χ4v) is 3.17. The quantitative estimate of drug-likeness (QED) is 0.190. The Kier molecular flexibility index (Phi) is 10.7. The van der Waals surface area contributed by atoms with E-state index < -0.39 is 0 Å². The molecule has 0 unspecified atom stereocenters. The van der Waals surface area contributed by atoms with E-state index in [-0.39, 0.29) is 36.0 Å². The molecule has 1 aromatic heterocycles. The number of anilines is 1. The minimum Gasteiger partial charge on any atom is -0.352 e. The van der Waals surface area contributed by atoms with Crippen molar-refractivity contribution in [3.05, 3.63) is 83.7 Å². The van der Waals surface area contributed by atoms with Crippen molar-refractivity contribution in [3.63, 3.8) is 0 Å². The number of aromatic nitrogens is 2. The standard InChI is InChI=1S/C24H31N7O.HI/c1-18(2)29-24(32)30-22-11-9-19(10-12-22)15-26-23(25-3)27-16-20-7-4-5-8-21(20)17-31-14-6-13-28-31;/h4-14,18H,15-17H2,1-3H3,(H2,25,26,27)(H2,29,30,32);1H. The molecule has 0 fully saturated rings. The topological polar surface area (TPSA) is 95.4 Å². The Morgan fingerprint density at radius 1 is 1.00 bits per heavy atom. The molecule has 3 aromatic rings. The first-order chi connectivity index (χ1) is 15.5. The third-order valence-corrected chi connectivity index (χ3v) is 4.77. The van der Waals surface area contributed by atoms with Crippen LogP contribution >= 0.6 is 24.0 Å². The van der Waals surface area contributed by atoms with E-state index in [1.165, 1.54) is 11.1 Å². The normalized spacial score (nSPS) is 11.0. The van der Waals surface area contributed by atoms with Gasteiger partial charge in [-0.3, -0.25) is 9.67 Å². The number of hydrogen-bond acceptors (Lipinski definition) is 3. The summed E-state index contributed by atoms with van der Waals surface area (Å²) in [6.45, 7) is 5.85. The molecule has 0 aliphatic heterocycles. The molecule has 3 rings (SSSR count). The van der Waals surface area contributed by atoms with E-state index in [0.29, 0.717) is 13.1 Å². The number of nitrogens with zero attached hydrogens (tertiary/aromatic N) is 3. The first-order valence-corrected chi connectivity index (χ1v) is 10.7. The van der Waals surface area contributed by atoms with Gasteiger partial charge in [0, 0.05) is 44.3 Å². The SMILES string of the molecule is CN=C(NCc1ccc(NC(=O)NC(C)C)cc1)NCc1ccccc1Cn1cccn1.I. The van der Waals surface area contributed by atoms with Gasteiger partial charge in [0.25, 0.3) is 0 Å². The minimum atomic E-state index is -0.205. The number of guanidine groups is 1. The highest BCUT2D eigenvalue weighted by atomic mass is 127. The summed E-state index contributed by atoms with van der Waals surface area (Å²) < 4.78 is 1.91. The fraction of sp³-hybridized carbons (Fsp3) is 0.292. The molecule has 0 saturated heterocycles. The molecule has 0 saturated carbocycles. The number of hydrogen-bond donors (Lipinski definition) is 4. The van der Waals surface area contributed by atoms with Crippen LogP contribution in [0.1, 0.15) is 30.5 Å². The van der Waals surface area contributed by atoms with Gasteiger partial charge < -0.3 is 21.3 Å². The molecule has 0 atom stereocenters. The van der Waals surface area contributed by atoms with Crippen LogP contribution in [0.25, 0.3) is 0 Å². The number of rotatable bonds is 8. The maximum Gasteiger partial charge on any atom is 0.319 e. The lowest BCUT2D eigenvalue weighted by atomic mass is 10.1. The summed E-state index contributed by atoms with van der Waals surface area (Å²) in [5.41, 5.74) is 4.25. The number of halogens is 1. The van der Waals surface area contributed by atoms with Gasteiger partial charge in [0.05, 0.1) is 6.54 Å². The summed E-state index contributed by atoms with van der Waals surface area (Å²) >= 11 is 0. The molecule has 1 heterocycles. The van der Waals surface area contributed by atoms with Gasteiger partial charge in [-0.2, -0.15) is 5.10 Å². The summed E-state index contributed by atoms with van der Waals surface area (Å²) in [6, 6.07) is 17.9. The number of amides is 2. The second-order valence-electron chi connectivity index (χ2n) is 7.70. The number of benzene rings is 2. The van der Waals surface area contributed by atoms with Crippen LogP contribution in [0.3, 0.4) is 0 Å². The summed E-state index contributed by atoms with van der Waals surface area (Å²) in [5.74, 6) is 0.720. The third kappa shape index (κ3) is 8.76. The van der Waals surface area contributed by atoms with E-state index in [1.54, 1.807) is 13.2 Å². The number of urea groups is 1. The number of carbonyl (C=O) groups is 1. The lowest BCUT2D eigenvalue weighted by molar-refractivity contribution is 0.250. The molecular formula is C24H32IN7O. The zero-order valence-electron chi connectivity index (χ0n) is 19.2. The largest absolute Gasteiger partial charge is 0.352 e. The van der Waals surface area contributed by atoms with Crippen LogP contribution in [-0.2, 0) is 19.6 Å². The number of nitrogens with one attached hydrogen (secondary N) is 4. The molecule has 8 nitrogen and oxygen atoms in total. The number of aliphatic imine (C=N–C) groups is 1. The molecule has 4 N–H and O–H groups in total. The second-order valence-corrected chi connectivity index (χ2v) is 7.70. The zero-order valence-corrected chi connectivity index (χ0v) is 21.5. The molecule has 0 spiro atoms. The molecule has 176 valence electrons. The van der Waals surface area contributed by atoms with Crippen molar-refractivity contribution in [1.82, 2.24) is 25.7 Å². The van der Waals surface area contributed by atoms with Crippen LogP contribution in [-0.4, -0.2) is 34.9 Å². The van der Waals surface area contributed by atoms with Crippen LogP contribution in [0.4, 0.5) is 10.5 Å². The highest BCUT2D eigenvalue weighted by molar-refractivity contribution is 14.0. The van der Waals surface area contributed by atoms with Crippen molar-refractivity contribution < 1.29 is 4.79 Å². The van der Waals surface area contributed by atoms with Gasteiger partial charge in [0.2, 0.25) is 0 Å². The van der Waals surface area contributed by atoms with Gasteiger partial charge >= 0.3 is 6.03 Å². The van der Waals surface area contributed by atoms with Gasteiger partial charge in [0.15, 0.2) is 5.96 Å². The van der Waals surface area contributed by atoms with E-state index in [9.17, 15) is 4.79 Å². The smallest absolute Gasteiger partial charge is 0.319 e. The Labute approximate surface area is 212 Å². The van der Waals surface area contributed by atoms with Crippen molar-refractivity contribution in [2.75, 3.05) is 12.4 Å². The Hall–Kier alpha value is -3.08. The van der Waals surface area contributed by atoms with Crippen LogP contribution < -0.4 is 21.3 Å². The Morgan fingerprint density at radius 2 is 1.70 bits per heavy atom. The monoisotopic (exact) mass is 561 g/mol. The lowest BCUT2D eigenvalue weighted by Crippen LogP contribution is -2.36. The predicted molar refractivity (Wildman–Crippen MR) is 144 cm³/mol. The van der Waals surface area contributed by atoms with E-state index in [1.807, 2.05) is 67.2 Å². The highest BCUT2D eigenvalue weighted by Crippen LogP contribution is 2.11. The third-order valence-electron chi connectivity index (χ3n) is 4.77. The van der Waals surface area contributed by atoms with Crippen molar-refractivity contribution in [2.45, 2.75) is 39.5 Å². The molecule has 0 radical (unpaired) electrons. The van der Waals surface area contributed by atoms with Gasteiger partial charge in [-0.05, 0) is 48.7 Å². The van der Waals surface area contributed by atoms with Gasteiger partial charge in [-0.15, -0.1) is 24.0 Å². The predicted octanol–water partition coefficient (Wildman–Crippen LogP) is 3.94. The molecule has 2 amide bonds. The zero-order chi connectivity index (χ0) is 22.8. The van der Waals surface area contributed by atoms with Crippen molar-refractivity contribution in [3.8, 4) is 0 Å². The lowest BCUT2D eigenvalue weighted by Gasteiger charge is -2.15. The molecule has 0 aliphatic rings. The minimum absolute atomic E-state index is 0. The average Bonchev–Trinajstić information content (AvgIpc) is 3.28. The van der Waals surface area contributed by atoms with E-state index in [4.69, 9.17) is 0 Å². The Balaban J connectivity index is 0.00000385. The molecular weight excluding hydrogens is 529 g/mol. The molecule has 0 bridgehead atoms. The first-order valence-electron chi connectivity index (χ1n) is 10.7. The van der Waals surface area contributed by atoms with Crippen molar-refractivity contribution in [2.24, 2.45) is 4.99 Å². The van der Waals surface area contributed by atoms with E-state index in [0.717, 1.165) is 23.8 Å². The first kappa shape index (κ1) is 26.2. The van der Waals surface area contributed by atoms with Crippen LogP contribution in [0.5, 0.6) is 0 Å².